The van der Waals surface area contributed by atoms with Crippen LogP contribution in [0.3, 0.4) is 0 Å². The predicted molar refractivity (Wildman–Crippen MR) is 131 cm³/mol. The normalized spacial score (nSPS) is 13.7. The third kappa shape index (κ3) is 5.17. The third-order valence-corrected chi connectivity index (χ3v) is 6.06. The van der Waals surface area contributed by atoms with E-state index in [1.807, 2.05) is 42.6 Å². The molecule has 36 heavy (non-hydrogen) atoms. The summed E-state index contributed by atoms with van der Waals surface area (Å²) in [5.74, 6) is 0.171. The van der Waals surface area contributed by atoms with Crippen molar-refractivity contribution in [2.45, 2.75) is 45.3 Å². The first-order chi connectivity index (χ1) is 17.2. The van der Waals surface area contributed by atoms with Gasteiger partial charge in [-0.15, -0.1) is 0 Å². The number of alkyl halides is 3. The Bertz CT molecular complexity index is 1440. The Balaban J connectivity index is 1.55. The lowest BCUT2D eigenvalue weighted by atomic mass is 10.0. The molecule has 5 rings (SSSR count). The number of hydrogen-bond donors (Lipinski definition) is 2. The highest BCUT2D eigenvalue weighted by atomic mass is 19.4. The number of nitrogens with one attached hydrogen (secondary N) is 2. The van der Waals surface area contributed by atoms with Crippen molar-refractivity contribution in [3.8, 4) is 22.5 Å². The van der Waals surface area contributed by atoms with E-state index in [0.29, 0.717) is 16.9 Å². The lowest BCUT2D eigenvalue weighted by Gasteiger charge is -2.13. The molecule has 3 aromatic heterocycles. The number of rotatable bonds is 7. The minimum Gasteiger partial charge on any atom is -0.367 e. The average molecular weight is 495 g/mol. The summed E-state index contributed by atoms with van der Waals surface area (Å²) in [5, 5.41) is 5.81. The maximum Gasteiger partial charge on any atom is 0.390 e. The number of nitrogens with zero attached hydrogens (tertiary/aromatic N) is 4. The maximum absolute atomic E-state index is 12.8. The Morgan fingerprint density at radius 2 is 1.92 bits per heavy atom. The monoisotopic (exact) mass is 494 g/mol. The zero-order valence-electron chi connectivity index (χ0n) is 19.9. The summed E-state index contributed by atoms with van der Waals surface area (Å²) >= 11 is 0. The molecule has 0 aliphatic heterocycles. The van der Waals surface area contributed by atoms with Crippen LogP contribution in [0.25, 0.3) is 28.2 Å². The van der Waals surface area contributed by atoms with Crippen LogP contribution >= 0.6 is 0 Å². The van der Waals surface area contributed by atoms with E-state index >= 15 is 0 Å². The Hall–Kier alpha value is -3.95. The second-order valence-corrected chi connectivity index (χ2v) is 9.07. The van der Waals surface area contributed by atoms with Crippen LogP contribution in [-0.2, 0) is 0 Å². The molecule has 7 nitrogen and oxygen atoms in total. The van der Waals surface area contributed by atoms with E-state index in [0.717, 1.165) is 40.9 Å². The molecule has 2 N–H and O–H groups in total. The first kappa shape index (κ1) is 23.8. The molecule has 1 aromatic carbocycles. The van der Waals surface area contributed by atoms with Crippen LogP contribution in [0.5, 0.6) is 0 Å². The number of fused-ring (bicyclic) bond motifs is 1. The topological polar surface area (TPSA) is 84.2 Å². The molecule has 3 heterocycles. The number of anilines is 1. The number of aryl methyl sites for hydroxylation is 2. The van der Waals surface area contributed by atoms with Gasteiger partial charge >= 0.3 is 6.18 Å². The lowest BCUT2D eigenvalue weighted by molar-refractivity contribution is -0.131. The molecule has 0 radical (unpaired) electrons. The van der Waals surface area contributed by atoms with E-state index < -0.39 is 12.6 Å². The summed E-state index contributed by atoms with van der Waals surface area (Å²) in [4.78, 5) is 25.8. The summed E-state index contributed by atoms with van der Waals surface area (Å²) in [5.41, 5.74) is 5.55. The van der Waals surface area contributed by atoms with Crippen LogP contribution < -0.4 is 10.6 Å². The number of pyridine rings is 1. The van der Waals surface area contributed by atoms with Gasteiger partial charge in [-0.05, 0) is 56.5 Å². The number of benzene rings is 1. The quantitative estimate of drug-likeness (QED) is 0.363. The fourth-order valence-electron chi connectivity index (χ4n) is 4.06. The molecule has 10 heteroatoms. The van der Waals surface area contributed by atoms with Gasteiger partial charge in [0.25, 0.3) is 5.91 Å². The van der Waals surface area contributed by atoms with Gasteiger partial charge in [0, 0.05) is 47.4 Å². The zero-order chi connectivity index (χ0) is 25.4. The first-order valence-electron chi connectivity index (χ1n) is 11.7. The van der Waals surface area contributed by atoms with E-state index in [2.05, 4.69) is 25.6 Å². The van der Waals surface area contributed by atoms with E-state index in [1.165, 1.54) is 0 Å². The van der Waals surface area contributed by atoms with Crippen molar-refractivity contribution in [1.29, 1.82) is 0 Å². The summed E-state index contributed by atoms with van der Waals surface area (Å²) in [6, 6.07) is 9.49. The second-order valence-electron chi connectivity index (χ2n) is 9.07. The van der Waals surface area contributed by atoms with Crippen LogP contribution in [0.2, 0.25) is 0 Å². The number of hydrogen-bond acceptors (Lipinski definition) is 5. The Labute approximate surface area is 205 Å². The summed E-state index contributed by atoms with van der Waals surface area (Å²) < 4.78 is 40.1. The van der Waals surface area contributed by atoms with Gasteiger partial charge in [-0.25, -0.2) is 9.97 Å². The van der Waals surface area contributed by atoms with Crippen LogP contribution in [0.15, 0.2) is 48.9 Å². The van der Waals surface area contributed by atoms with Gasteiger partial charge in [0.05, 0.1) is 24.0 Å². The van der Waals surface area contributed by atoms with Gasteiger partial charge < -0.3 is 10.6 Å². The molecule has 1 aliphatic carbocycles. The van der Waals surface area contributed by atoms with Crippen molar-refractivity contribution in [2.24, 2.45) is 0 Å². The smallest absolute Gasteiger partial charge is 0.367 e. The van der Waals surface area contributed by atoms with Gasteiger partial charge in [0.2, 0.25) is 0 Å². The van der Waals surface area contributed by atoms with Crippen LogP contribution in [0.4, 0.5) is 19.0 Å². The van der Waals surface area contributed by atoms with Crippen molar-refractivity contribution >= 4 is 17.4 Å². The molecule has 0 bridgehead atoms. The first-order valence-corrected chi connectivity index (χ1v) is 11.7. The number of carbonyl (C=O) groups excluding carboxylic acids is 1. The number of halogens is 3. The SMILES string of the molecule is Cc1cc(-c2cn3c(-c4ccc(C(=O)NC5CC5)c(C)c4)cnc3c(NCCC(F)(F)F)n2)ccn1. The van der Waals surface area contributed by atoms with Crippen molar-refractivity contribution in [2.75, 3.05) is 11.9 Å². The molecule has 186 valence electrons. The number of imidazole rings is 1. The van der Waals surface area contributed by atoms with E-state index in [1.54, 1.807) is 24.5 Å². The molecule has 0 atom stereocenters. The highest BCUT2D eigenvalue weighted by Gasteiger charge is 2.27. The Morgan fingerprint density at radius 1 is 1.11 bits per heavy atom. The molecule has 0 spiro atoms. The van der Waals surface area contributed by atoms with E-state index in [-0.39, 0.29) is 24.3 Å². The highest BCUT2D eigenvalue weighted by molar-refractivity contribution is 5.96. The molecular formula is C26H25F3N6O. The minimum absolute atomic E-state index is 0.0876. The molecule has 1 aliphatic rings. The number of aromatic nitrogens is 4. The molecular weight excluding hydrogens is 469 g/mol. The van der Waals surface area contributed by atoms with Crippen molar-refractivity contribution < 1.29 is 18.0 Å². The molecule has 4 aromatic rings. The fourth-order valence-corrected chi connectivity index (χ4v) is 4.06. The summed E-state index contributed by atoms with van der Waals surface area (Å²) in [6.45, 7) is 3.42. The molecule has 1 fully saturated rings. The van der Waals surface area contributed by atoms with Gasteiger partial charge in [-0.1, -0.05) is 6.07 Å². The number of carbonyl (C=O) groups is 1. The van der Waals surface area contributed by atoms with Gasteiger partial charge in [-0.3, -0.25) is 14.2 Å². The highest BCUT2D eigenvalue weighted by Crippen LogP contribution is 2.30. The van der Waals surface area contributed by atoms with E-state index in [9.17, 15) is 18.0 Å². The molecule has 1 amide bonds. The zero-order valence-corrected chi connectivity index (χ0v) is 19.9. The van der Waals surface area contributed by atoms with Gasteiger partial charge in [-0.2, -0.15) is 13.2 Å². The third-order valence-electron chi connectivity index (χ3n) is 6.06. The lowest BCUT2D eigenvalue weighted by Crippen LogP contribution is -2.26. The van der Waals surface area contributed by atoms with Crippen molar-refractivity contribution in [3.63, 3.8) is 0 Å². The largest absolute Gasteiger partial charge is 0.390 e. The van der Waals surface area contributed by atoms with Crippen molar-refractivity contribution in [3.05, 3.63) is 65.7 Å². The van der Waals surface area contributed by atoms with Crippen LogP contribution in [-0.4, -0.2) is 44.0 Å². The second kappa shape index (κ2) is 9.25. The number of amides is 1. The van der Waals surface area contributed by atoms with Crippen molar-refractivity contribution in [1.82, 2.24) is 24.7 Å². The van der Waals surface area contributed by atoms with Crippen LogP contribution in [0.1, 0.15) is 40.9 Å². The van der Waals surface area contributed by atoms with Crippen LogP contribution in [0, 0.1) is 13.8 Å². The minimum atomic E-state index is -4.28. The Morgan fingerprint density at radius 3 is 2.61 bits per heavy atom. The van der Waals surface area contributed by atoms with E-state index in [4.69, 9.17) is 0 Å². The predicted octanol–water partition coefficient (Wildman–Crippen LogP) is 5.33. The summed E-state index contributed by atoms with van der Waals surface area (Å²) in [6.07, 6.45) is 1.88. The fraction of sp³-hybridized carbons (Fsp3) is 0.308. The molecule has 1 saturated carbocycles. The van der Waals surface area contributed by atoms with Gasteiger partial charge in [0.15, 0.2) is 11.5 Å². The molecule has 0 unspecified atom stereocenters. The summed E-state index contributed by atoms with van der Waals surface area (Å²) in [7, 11) is 0. The molecule has 0 saturated heterocycles. The Kier molecular flexibility index (Phi) is 6.11. The average Bonchev–Trinajstić information content (AvgIpc) is 3.52. The standard InChI is InChI=1S/C26H25F3N6O/c1-15-11-18(3-6-20(15)25(36)33-19-4-5-19)22-13-32-24-23(31-10-8-26(27,28)29)34-21(14-35(22)24)17-7-9-30-16(2)12-17/h3,6-7,9,11-14,19H,4-5,8,10H2,1-2H3,(H,31,34)(H,33,36). The van der Waals surface area contributed by atoms with Gasteiger partial charge in [0.1, 0.15) is 0 Å². The maximum atomic E-state index is 12.8.